The topological polar surface area (TPSA) is 58.1 Å². The molecule has 1 atom stereocenters. The normalized spacial score (nSPS) is 21.6. The Morgan fingerprint density at radius 1 is 1.22 bits per heavy atom. The first kappa shape index (κ1) is 18.4. The summed E-state index contributed by atoms with van der Waals surface area (Å²) in [5, 5.41) is 3.94. The van der Waals surface area contributed by atoms with Gasteiger partial charge in [0.05, 0.1) is 5.41 Å². The number of carbonyl (C=O) groups excluding carboxylic acids is 1. The minimum Gasteiger partial charge on any atom is -0.355 e. The monoisotopic (exact) mass is 384 g/mol. The largest absolute Gasteiger partial charge is 0.355 e. The molecule has 4 rings (SSSR count). The summed E-state index contributed by atoms with van der Waals surface area (Å²) in [6.07, 6.45) is 9.48. The van der Waals surface area contributed by atoms with Crippen LogP contribution in [0.2, 0.25) is 5.02 Å². The molecule has 1 aliphatic heterocycles. The van der Waals surface area contributed by atoms with E-state index in [4.69, 9.17) is 11.6 Å². The van der Waals surface area contributed by atoms with Gasteiger partial charge < -0.3 is 5.32 Å². The zero-order valence-corrected chi connectivity index (χ0v) is 16.2. The molecule has 0 radical (unpaired) electrons. The summed E-state index contributed by atoms with van der Waals surface area (Å²) in [4.78, 5) is 23.5. The molecule has 1 N–H and O–H groups in total. The molecule has 142 valence electrons. The Labute approximate surface area is 165 Å². The molecule has 2 heterocycles. The van der Waals surface area contributed by atoms with Crippen molar-refractivity contribution in [2.24, 2.45) is 5.92 Å². The number of carbonyl (C=O) groups is 1. The zero-order chi connectivity index (χ0) is 18.7. The number of aromatic nitrogens is 2. The van der Waals surface area contributed by atoms with Crippen LogP contribution in [0, 0.1) is 5.92 Å². The lowest BCUT2D eigenvalue weighted by molar-refractivity contribution is -0.123. The molecule has 5 nitrogen and oxygen atoms in total. The minimum absolute atomic E-state index is 0.165. The Morgan fingerprint density at radius 3 is 2.67 bits per heavy atom. The van der Waals surface area contributed by atoms with Crippen LogP contribution in [0.3, 0.4) is 0 Å². The summed E-state index contributed by atoms with van der Waals surface area (Å²) in [6, 6.07) is 7.71. The van der Waals surface area contributed by atoms with Gasteiger partial charge in [-0.2, -0.15) is 0 Å². The number of piperidine rings is 1. The molecule has 1 saturated heterocycles. The van der Waals surface area contributed by atoms with Crippen LogP contribution in [0.15, 0.2) is 43.0 Å². The fourth-order valence-corrected chi connectivity index (χ4v) is 4.20. The van der Waals surface area contributed by atoms with Gasteiger partial charge in [-0.1, -0.05) is 23.7 Å². The van der Waals surface area contributed by atoms with E-state index in [0.717, 1.165) is 63.0 Å². The van der Waals surface area contributed by atoms with Gasteiger partial charge in [0.1, 0.15) is 6.33 Å². The quantitative estimate of drug-likeness (QED) is 0.830. The van der Waals surface area contributed by atoms with Crippen molar-refractivity contribution in [2.75, 3.05) is 19.6 Å². The van der Waals surface area contributed by atoms with Gasteiger partial charge in [-0.3, -0.25) is 9.69 Å². The highest BCUT2D eigenvalue weighted by Crippen LogP contribution is 2.48. The van der Waals surface area contributed by atoms with Crippen molar-refractivity contribution >= 4 is 17.5 Å². The van der Waals surface area contributed by atoms with Crippen LogP contribution in [-0.4, -0.2) is 40.4 Å². The average Bonchev–Trinajstić information content (AvgIpc) is 3.50. The number of nitrogens with one attached hydrogen (secondary N) is 1. The Bertz CT molecular complexity index is 777. The predicted octanol–water partition coefficient (Wildman–Crippen LogP) is 3.19. The highest BCUT2D eigenvalue weighted by Gasteiger charge is 2.51. The highest BCUT2D eigenvalue weighted by atomic mass is 35.5. The van der Waals surface area contributed by atoms with Crippen molar-refractivity contribution in [3.8, 4) is 0 Å². The lowest BCUT2D eigenvalue weighted by atomic mass is 9.93. The van der Waals surface area contributed by atoms with Gasteiger partial charge >= 0.3 is 0 Å². The second-order valence-corrected chi connectivity index (χ2v) is 8.23. The average molecular weight is 385 g/mol. The summed E-state index contributed by atoms with van der Waals surface area (Å²) in [7, 11) is 0. The first-order chi connectivity index (χ1) is 13.2. The summed E-state index contributed by atoms with van der Waals surface area (Å²) in [5.74, 6) is 0.659. The molecule has 1 amide bonds. The first-order valence-corrected chi connectivity index (χ1v) is 10.0. The maximum absolute atomic E-state index is 12.9. The van der Waals surface area contributed by atoms with E-state index >= 15 is 0 Å². The summed E-state index contributed by atoms with van der Waals surface area (Å²) >= 11 is 5.98. The molecular formula is C21H25ClN4O. The second-order valence-electron chi connectivity index (χ2n) is 7.79. The molecule has 27 heavy (non-hydrogen) atoms. The third kappa shape index (κ3) is 4.30. The number of benzene rings is 1. The lowest BCUT2D eigenvalue weighted by Gasteiger charge is -2.33. The molecule has 2 aromatic rings. The zero-order valence-electron chi connectivity index (χ0n) is 15.4. The molecule has 6 heteroatoms. The van der Waals surface area contributed by atoms with Crippen LogP contribution in [0.25, 0.3) is 0 Å². The Kier molecular flexibility index (Phi) is 5.41. The molecule has 0 spiro atoms. The van der Waals surface area contributed by atoms with E-state index in [1.165, 1.54) is 0 Å². The number of nitrogens with zero attached hydrogens (tertiary/aromatic N) is 3. The maximum Gasteiger partial charge on any atom is 0.230 e. The number of rotatable bonds is 6. The summed E-state index contributed by atoms with van der Waals surface area (Å²) < 4.78 is 0. The van der Waals surface area contributed by atoms with Gasteiger partial charge in [-0.15, -0.1) is 0 Å². The van der Waals surface area contributed by atoms with Gasteiger partial charge in [-0.25, -0.2) is 9.97 Å². The van der Waals surface area contributed by atoms with E-state index in [0.29, 0.717) is 10.9 Å². The molecule has 2 fully saturated rings. The Hall–Kier alpha value is -1.98. The molecule has 1 unspecified atom stereocenters. The van der Waals surface area contributed by atoms with Crippen molar-refractivity contribution in [2.45, 2.75) is 37.6 Å². The molecule has 1 aromatic heterocycles. The standard InChI is InChI=1S/C21H25ClN4O/c22-19-5-3-18(4-6-19)21(7-8-21)20(27)25-12-16-2-1-9-26(13-16)14-17-10-23-15-24-11-17/h3-6,10-11,15-16H,1-2,7-9,12-14H2,(H,25,27). The number of likely N-dealkylation sites (tertiary alicyclic amines) is 1. The molecule has 1 aromatic carbocycles. The summed E-state index contributed by atoms with van der Waals surface area (Å²) in [6.45, 7) is 3.72. The maximum atomic E-state index is 12.9. The van der Waals surface area contributed by atoms with Gasteiger partial charge in [0, 0.05) is 42.6 Å². The van der Waals surface area contributed by atoms with Crippen molar-refractivity contribution in [1.29, 1.82) is 0 Å². The third-order valence-corrected chi connectivity index (χ3v) is 6.01. The lowest BCUT2D eigenvalue weighted by Crippen LogP contribution is -2.43. The van der Waals surface area contributed by atoms with E-state index in [9.17, 15) is 4.79 Å². The fourth-order valence-electron chi connectivity index (χ4n) is 4.08. The highest BCUT2D eigenvalue weighted by molar-refractivity contribution is 6.30. The Balaban J connectivity index is 1.30. The second kappa shape index (κ2) is 7.95. The van der Waals surface area contributed by atoms with Crippen molar-refractivity contribution < 1.29 is 4.79 Å². The van der Waals surface area contributed by atoms with E-state index < -0.39 is 0 Å². The van der Waals surface area contributed by atoms with Crippen LogP contribution in [-0.2, 0) is 16.8 Å². The molecule has 1 aliphatic carbocycles. The number of hydrogen-bond acceptors (Lipinski definition) is 4. The number of amides is 1. The van der Waals surface area contributed by atoms with Gasteiger partial charge in [0.25, 0.3) is 0 Å². The molecule has 1 saturated carbocycles. The van der Waals surface area contributed by atoms with Gasteiger partial charge in [0.2, 0.25) is 5.91 Å². The molecular weight excluding hydrogens is 360 g/mol. The van der Waals surface area contributed by atoms with Gasteiger partial charge in [0.15, 0.2) is 0 Å². The van der Waals surface area contributed by atoms with Crippen LogP contribution in [0.5, 0.6) is 0 Å². The van der Waals surface area contributed by atoms with E-state index in [1.54, 1.807) is 6.33 Å². The fraction of sp³-hybridized carbons (Fsp3) is 0.476. The van der Waals surface area contributed by atoms with Crippen molar-refractivity contribution in [3.63, 3.8) is 0 Å². The van der Waals surface area contributed by atoms with Crippen LogP contribution in [0.4, 0.5) is 0 Å². The SMILES string of the molecule is O=C(NCC1CCCN(Cc2cncnc2)C1)C1(c2ccc(Cl)cc2)CC1. The molecule has 0 bridgehead atoms. The van der Waals surface area contributed by atoms with Crippen LogP contribution in [0.1, 0.15) is 36.8 Å². The third-order valence-electron chi connectivity index (χ3n) is 5.76. The number of halogens is 1. The summed E-state index contributed by atoms with van der Waals surface area (Å²) in [5.41, 5.74) is 1.89. The van der Waals surface area contributed by atoms with Crippen LogP contribution < -0.4 is 5.32 Å². The van der Waals surface area contributed by atoms with Crippen LogP contribution >= 0.6 is 11.6 Å². The minimum atomic E-state index is -0.333. The first-order valence-electron chi connectivity index (χ1n) is 9.66. The predicted molar refractivity (Wildman–Crippen MR) is 105 cm³/mol. The smallest absolute Gasteiger partial charge is 0.230 e. The van der Waals surface area contributed by atoms with Gasteiger partial charge in [-0.05, 0) is 55.8 Å². The van der Waals surface area contributed by atoms with Crippen molar-refractivity contribution in [1.82, 2.24) is 20.2 Å². The van der Waals surface area contributed by atoms with E-state index in [1.807, 2.05) is 36.7 Å². The van der Waals surface area contributed by atoms with E-state index in [-0.39, 0.29) is 11.3 Å². The number of hydrogen-bond donors (Lipinski definition) is 1. The molecule has 2 aliphatic rings. The Morgan fingerprint density at radius 2 is 1.96 bits per heavy atom. The van der Waals surface area contributed by atoms with E-state index in [2.05, 4.69) is 20.2 Å². The van der Waals surface area contributed by atoms with Crippen molar-refractivity contribution in [3.05, 3.63) is 59.1 Å².